The minimum Gasteiger partial charge on any atom is -0.391 e. The first kappa shape index (κ1) is 12.0. The second-order valence-electron chi connectivity index (χ2n) is 2.91. The Morgan fingerprint density at radius 3 is 2.80 bits per heavy atom. The quantitative estimate of drug-likeness (QED) is 0.694. The Labute approximate surface area is 90.4 Å². The fourth-order valence-electron chi connectivity index (χ4n) is 1.09. The number of aryl methyl sites for hydroxylation is 1. The van der Waals surface area contributed by atoms with Crippen LogP contribution < -0.4 is 5.32 Å². The second-order valence-corrected chi connectivity index (χ2v) is 3.30. The van der Waals surface area contributed by atoms with Gasteiger partial charge in [-0.2, -0.15) is 0 Å². The smallest absolute Gasteiger partial charge is 0.255 e. The van der Waals surface area contributed by atoms with Gasteiger partial charge in [-0.15, -0.1) is 0 Å². The van der Waals surface area contributed by atoms with Crippen molar-refractivity contribution in [1.29, 1.82) is 0 Å². The average Bonchev–Trinajstić information content (AvgIpc) is 2.13. The Kier molecular flexibility index (Phi) is 4.10. The van der Waals surface area contributed by atoms with Crippen LogP contribution in [0, 0.1) is 11.6 Å². The third-order valence-corrected chi connectivity index (χ3v) is 2.06. The first-order valence-corrected chi connectivity index (χ1v) is 4.68. The molecule has 1 aromatic heterocycles. The molecule has 0 aromatic carbocycles. The number of alkyl halides is 2. The van der Waals surface area contributed by atoms with Gasteiger partial charge in [0.25, 0.3) is 6.43 Å². The van der Waals surface area contributed by atoms with Crippen LogP contribution in [-0.2, 0) is 6.61 Å². The molecule has 15 heavy (non-hydrogen) atoms. The zero-order valence-corrected chi connectivity index (χ0v) is 8.87. The van der Waals surface area contributed by atoms with Crippen LogP contribution in [0.2, 0.25) is 0 Å². The monoisotopic (exact) mass is 235 g/mol. The van der Waals surface area contributed by atoms with Crippen LogP contribution in [0.15, 0.2) is 0 Å². The highest BCUT2D eigenvalue weighted by atomic mass is 32.1. The Balaban J connectivity index is 2.99. The maximum absolute atomic E-state index is 12.0. The van der Waals surface area contributed by atoms with Gasteiger partial charge >= 0.3 is 0 Å². The van der Waals surface area contributed by atoms with Gasteiger partial charge in [-0.25, -0.2) is 13.8 Å². The van der Waals surface area contributed by atoms with E-state index in [1.54, 1.807) is 6.92 Å². The largest absolute Gasteiger partial charge is 0.391 e. The summed E-state index contributed by atoms with van der Waals surface area (Å²) in [5.41, 5.74) is 0.330. The van der Waals surface area contributed by atoms with E-state index >= 15 is 0 Å². The van der Waals surface area contributed by atoms with Gasteiger partial charge in [-0.1, -0.05) is 12.2 Å². The summed E-state index contributed by atoms with van der Waals surface area (Å²) in [5, 5.41) is 11.5. The Morgan fingerprint density at radius 2 is 2.27 bits per heavy atom. The number of H-pyrrole nitrogens is 1. The van der Waals surface area contributed by atoms with Gasteiger partial charge in [0, 0.05) is 0 Å². The average molecular weight is 235 g/mol. The van der Waals surface area contributed by atoms with E-state index in [1.165, 1.54) is 0 Å². The van der Waals surface area contributed by atoms with E-state index in [0.717, 1.165) is 0 Å². The van der Waals surface area contributed by atoms with Crippen LogP contribution in [-0.4, -0.2) is 28.0 Å². The maximum Gasteiger partial charge on any atom is 0.255 e. The number of anilines is 1. The lowest BCUT2D eigenvalue weighted by molar-refractivity contribution is 0.163. The molecule has 1 rings (SSSR count). The Hall–Kier alpha value is -1.08. The van der Waals surface area contributed by atoms with Crippen molar-refractivity contribution in [2.24, 2.45) is 0 Å². The van der Waals surface area contributed by atoms with E-state index in [-0.39, 0.29) is 11.2 Å². The van der Waals surface area contributed by atoms with Gasteiger partial charge in [0.1, 0.15) is 16.3 Å². The highest BCUT2D eigenvalue weighted by molar-refractivity contribution is 7.71. The summed E-state index contributed by atoms with van der Waals surface area (Å²) >= 11 is 4.89. The van der Waals surface area contributed by atoms with Crippen LogP contribution in [0.1, 0.15) is 11.4 Å². The molecule has 1 aromatic rings. The molecule has 0 atom stereocenters. The minimum absolute atomic E-state index is 0.213. The van der Waals surface area contributed by atoms with Crippen molar-refractivity contribution in [2.45, 2.75) is 20.0 Å². The molecule has 0 unspecified atom stereocenters. The van der Waals surface area contributed by atoms with Crippen LogP contribution >= 0.6 is 12.2 Å². The number of hydrogen-bond donors (Lipinski definition) is 3. The van der Waals surface area contributed by atoms with E-state index in [2.05, 4.69) is 15.3 Å². The van der Waals surface area contributed by atoms with E-state index < -0.39 is 13.0 Å². The van der Waals surface area contributed by atoms with Crippen molar-refractivity contribution < 1.29 is 13.9 Å². The van der Waals surface area contributed by atoms with Gasteiger partial charge in [0.15, 0.2) is 0 Å². The summed E-state index contributed by atoms with van der Waals surface area (Å²) in [6.07, 6.45) is -2.47. The number of nitrogens with zero attached hydrogens (tertiary/aromatic N) is 1. The summed E-state index contributed by atoms with van der Waals surface area (Å²) in [7, 11) is 0. The summed E-state index contributed by atoms with van der Waals surface area (Å²) in [6, 6.07) is 0. The molecule has 0 saturated carbocycles. The second kappa shape index (κ2) is 5.13. The highest BCUT2D eigenvalue weighted by Gasteiger charge is 2.08. The van der Waals surface area contributed by atoms with Crippen molar-refractivity contribution in [3.05, 3.63) is 16.0 Å². The van der Waals surface area contributed by atoms with Crippen LogP contribution in [0.3, 0.4) is 0 Å². The SMILES string of the molecule is Cc1nc(=S)c(CO)c(NCC(F)F)[nH]1. The lowest BCUT2D eigenvalue weighted by atomic mass is 10.3. The highest BCUT2D eigenvalue weighted by Crippen LogP contribution is 2.13. The van der Waals surface area contributed by atoms with Crippen molar-refractivity contribution in [1.82, 2.24) is 9.97 Å². The fourth-order valence-corrected chi connectivity index (χ4v) is 1.39. The minimum atomic E-state index is -2.47. The molecule has 0 fully saturated rings. The van der Waals surface area contributed by atoms with E-state index in [1.807, 2.05) is 0 Å². The molecule has 1 heterocycles. The zero-order valence-electron chi connectivity index (χ0n) is 8.05. The van der Waals surface area contributed by atoms with Gasteiger partial charge in [-0.05, 0) is 6.92 Å². The van der Waals surface area contributed by atoms with Gasteiger partial charge < -0.3 is 15.4 Å². The zero-order chi connectivity index (χ0) is 11.4. The summed E-state index contributed by atoms with van der Waals surface area (Å²) in [5.74, 6) is 0.810. The topological polar surface area (TPSA) is 60.9 Å². The number of hydrogen-bond acceptors (Lipinski definition) is 4. The number of aromatic nitrogens is 2. The normalized spacial score (nSPS) is 10.7. The van der Waals surface area contributed by atoms with Crippen molar-refractivity contribution in [3.63, 3.8) is 0 Å². The number of rotatable bonds is 4. The molecular weight excluding hydrogens is 224 g/mol. The summed E-state index contributed by atoms with van der Waals surface area (Å²) in [6.45, 7) is 0.820. The molecule has 84 valence electrons. The van der Waals surface area contributed by atoms with Gasteiger partial charge in [-0.3, -0.25) is 0 Å². The number of aromatic amines is 1. The first-order valence-electron chi connectivity index (χ1n) is 4.27. The molecule has 0 spiro atoms. The molecule has 0 bridgehead atoms. The molecule has 3 N–H and O–H groups in total. The molecule has 7 heteroatoms. The first-order chi connectivity index (χ1) is 7.04. The Bertz CT molecular complexity index is 394. The van der Waals surface area contributed by atoms with Crippen molar-refractivity contribution >= 4 is 18.0 Å². The molecule has 0 saturated heterocycles. The van der Waals surface area contributed by atoms with E-state index in [4.69, 9.17) is 17.3 Å². The summed E-state index contributed by atoms with van der Waals surface area (Å²) < 4.78 is 24.2. The van der Waals surface area contributed by atoms with Gasteiger partial charge in [0.05, 0.1) is 18.7 Å². The molecule has 0 amide bonds. The van der Waals surface area contributed by atoms with E-state index in [9.17, 15) is 8.78 Å². The predicted octanol–water partition coefficient (Wildman–Crippen LogP) is 1.62. The van der Waals surface area contributed by atoms with Gasteiger partial charge in [0.2, 0.25) is 0 Å². The predicted molar refractivity (Wildman–Crippen MR) is 54.6 cm³/mol. The Morgan fingerprint density at radius 1 is 1.60 bits per heavy atom. The molecule has 0 aliphatic rings. The van der Waals surface area contributed by atoms with Crippen LogP contribution in [0.5, 0.6) is 0 Å². The molecular formula is C8H11F2N3OS. The molecule has 0 aliphatic carbocycles. The van der Waals surface area contributed by atoms with Crippen molar-refractivity contribution in [3.8, 4) is 0 Å². The standard InChI is InChI=1S/C8H11F2N3OS/c1-4-12-7(11-2-6(9)10)5(3-14)8(15)13-4/h6,14H,2-3H2,1H3,(H2,11,12,13,15). The molecule has 0 aliphatic heterocycles. The number of nitrogens with one attached hydrogen (secondary N) is 2. The van der Waals surface area contributed by atoms with Crippen LogP contribution in [0.25, 0.3) is 0 Å². The maximum atomic E-state index is 12.0. The molecule has 4 nitrogen and oxygen atoms in total. The number of halogens is 2. The molecule has 0 radical (unpaired) electrons. The van der Waals surface area contributed by atoms with Crippen LogP contribution in [0.4, 0.5) is 14.6 Å². The van der Waals surface area contributed by atoms with Crippen molar-refractivity contribution in [2.75, 3.05) is 11.9 Å². The number of aliphatic hydroxyl groups excluding tert-OH is 1. The third kappa shape index (κ3) is 3.21. The lowest BCUT2D eigenvalue weighted by Crippen LogP contribution is -2.14. The fraction of sp³-hybridized carbons (Fsp3) is 0.500. The van der Waals surface area contributed by atoms with E-state index in [0.29, 0.717) is 17.2 Å². The lowest BCUT2D eigenvalue weighted by Gasteiger charge is -2.10. The number of aliphatic hydroxyl groups is 1. The summed E-state index contributed by atoms with van der Waals surface area (Å²) in [4.78, 5) is 6.64. The third-order valence-electron chi connectivity index (χ3n) is 1.73.